The SMILES string of the molecule is Cc1ccc(C(=O)CCC(=O)N2CCC3(CC2)CC(=O)c2ccc(C)c(C)c2O3)cc1C. The highest BCUT2D eigenvalue weighted by molar-refractivity contribution is 6.01. The summed E-state index contributed by atoms with van der Waals surface area (Å²) >= 11 is 0. The van der Waals surface area contributed by atoms with Crippen molar-refractivity contribution in [1.82, 2.24) is 4.90 Å². The summed E-state index contributed by atoms with van der Waals surface area (Å²) in [5.74, 6) is 0.818. The zero-order valence-electron chi connectivity index (χ0n) is 19.4. The van der Waals surface area contributed by atoms with Crippen LogP contribution in [0.3, 0.4) is 0 Å². The van der Waals surface area contributed by atoms with Crippen molar-refractivity contribution in [1.29, 1.82) is 0 Å². The maximum atomic E-state index is 12.8. The highest BCUT2D eigenvalue weighted by atomic mass is 16.5. The van der Waals surface area contributed by atoms with Crippen molar-refractivity contribution in [3.63, 3.8) is 0 Å². The number of ether oxygens (including phenoxy) is 1. The van der Waals surface area contributed by atoms with Gasteiger partial charge >= 0.3 is 0 Å². The number of carbonyl (C=O) groups excluding carboxylic acids is 3. The van der Waals surface area contributed by atoms with Crippen LogP contribution >= 0.6 is 0 Å². The third kappa shape index (κ3) is 4.21. The Labute approximate surface area is 189 Å². The van der Waals surface area contributed by atoms with Crippen molar-refractivity contribution in [2.24, 2.45) is 0 Å². The second-order valence-corrected chi connectivity index (χ2v) is 9.37. The van der Waals surface area contributed by atoms with Crippen molar-refractivity contribution in [3.8, 4) is 5.75 Å². The molecule has 0 bridgehead atoms. The number of rotatable bonds is 4. The van der Waals surface area contributed by atoms with Gasteiger partial charge in [-0.25, -0.2) is 0 Å². The molecule has 0 aromatic heterocycles. The fraction of sp³-hybridized carbons (Fsp3) is 0.444. The molecule has 32 heavy (non-hydrogen) atoms. The predicted octanol–water partition coefficient (Wildman–Crippen LogP) is 4.91. The number of ketones is 2. The van der Waals surface area contributed by atoms with Gasteiger partial charge in [-0.2, -0.15) is 0 Å². The van der Waals surface area contributed by atoms with Gasteiger partial charge in [-0.05, 0) is 62.1 Å². The molecule has 1 spiro atoms. The average molecular weight is 434 g/mol. The Bertz CT molecular complexity index is 1090. The molecule has 0 radical (unpaired) electrons. The number of amides is 1. The maximum Gasteiger partial charge on any atom is 0.223 e. The molecule has 2 heterocycles. The molecule has 5 heteroatoms. The van der Waals surface area contributed by atoms with E-state index in [0.717, 1.165) is 22.3 Å². The number of hydrogen-bond acceptors (Lipinski definition) is 4. The third-order valence-electron chi connectivity index (χ3n) is 7.20. The smallest absolute Gasteiger partial charge is 0.223 e. The van der Waals surface area contributed by atoms with E-state index in [0.29, 0.717) is 49.2 Å². The summed E-state index contributed by atoms with van der Waals surface area (Å²) < 4.78 is 6.43. The van der Waals surface area contributed by atoms with Crippen LogP contribution in [0.1, 0.15) is 75.1 Å². The minimum absolute atomic E-state index is 0.00130. The quantitative estimate of drug-likeness (QED) is 0.643. The monoisotopic (exact) mass is 433 g/mol. The van der Waals surface area contributed by atoms with Crippen LogP contribution in [-0.2, 0) is 4.79 Å². The lowest BCUT2D eigenvalue weighted by Gasteiger charge is -2.44. The maximum absolute atomic E-state index is 12.8. The molecule has 0 unspecified atom stereocenters. The number of fused-ring (bicyclic) bond motifs is 1. The van der Waals surface area contributed by atoms with E-state index in [-0.39, 0.29) is 30.3 Å². The highest BCUT2D eigenvalue weighted by Crippen LogP contribution is 2.41. The Kier molecular flexibility index (Phi) is 5.93. The second-order valence-electron chi connectivity index (χ2n) is 9.37. The molecule has 2 aromatic rings. The van der Waals surface area contributed by atoms with Gasteiger partial charge < -0.3 is 9.64 Å². The van der Waals surface area contributed by atoms with E-state index in [1.54, 1.807) is 0 Å². The molecule has 0 aliphatic carbocycles. The summed E-state index contributed by atoms with van der Waals surface area (Å²) in [6, 6.07) is 9.50. The standard InChI is InChI=1S/C27H31NO4/c1-17-5-7-21(15-19(17)3)23(29)9-10-25(31)28-13-11-27(12-14-28)16-24(30)22-8-6-18(2)20(4)26(22)32-27/h5-8,15H,9-14,16H2,1-4H3. The largest absolute Gasteiger partial charge is 0.486 e. The van der Waals surface area contributed by atoms with Gasteiger partial charge in [0, 0.05) is 44.3 Å². The van der Waals surface area contributed by atoms with E-state index in [1.165, 1.54) is 0 Å². The fourth-order valence-electron chi connectivity index (χ4n) is 4.66. The van der Waals surface area contributed by atoms with E-state index >= 15 is 0 Å². The van der Waals surface area contributed by atoms with E-state index < -0.39 is 5.60 Å². The third-order valence-corrected chi connectivity index (χ3v) is 7.20. The van der Waals surface area contributed by atoms with Crippen molar-refractivity contribution in [2.75, 3.05) is 13.1 Å². The number of hydrogen-bond donors (Lipinski definition) is 0. The van der Waals surface area contributed by atoms with Crippen molar-refractivity contribution < 1.29 is 19.1 Å². The van der Waals surface area contributed by atoms with Crippen molar-refractivity contribution >= 4 is 17.5 Å². The minimum Gasteiger partial charge on any atom is -0.486 e. The number of nitrogens with zero attached hydrogens (tertiary/aromatic N) is 1. The Balaban J connectivity index is 1.36. The molecule has 1 fully saturated rings. The van der Waals surface area contributed by atoms with Gasteiger partial charge in [-0.3, -0.25) is 14.4 Å². The number of aryl methyl sites for hydroxylation is 3. The van der Waals surface area contributed by atoms with E-state index in [2.05, 4.69) is 0 Å². The van der Waals surface area contributed by atoms with Gasteiger partial charge in [0.05, 0.1) is 12.0 Å². The topological polar surface area (TPSA) is 63.7 Å². The number of carbonyl (C=O) groups is 3. The van der Waals surface area contributed by atoms with Crippen LogP contribution in [-0.4, -0.2) is 41.1 Å². The second kappa shape index (κ2) is 8.53. The first-order chi connectivity index (χ1) is 15.2. The molecule has 0 saturated carbocycles. The summed E-state index contributed by atoms with van der Waals surface area (Å²) in [4.78, 5) is 39.9. The highest BCUT2D eigenvalue weighted by Gasteiger charge is 2.44. The minimum atomic E-state index is -0.533. The van der Waals surface area contributed by atoms with Gasteiger partial charge in [0.2, 0.25) is 5.91 Å². The number of Topliss-reactive ketones (excluding diaryl/α,β-unsaturated/α-hetero) is 2. The fourth-order valence-corrected chi connectivity index (χ4v) is 4.66. The van der Waals surface area contributed by atoms with Gasteiger partial charge in [0.15, 0.2) is 11.6 Å². The zero-order chi connectivity index (χ0) is 23.0. The van der Waals surface area contributed by atoms with Crippen LogP contribution in [0.25, 0.3) is 0 Å². The molecule has 2 aliphatic rings. The Hall–Kier alpha value is -2.95. The lowest BCUT2D eigenvalue weighted by molar-refractivity contribution is -0.134. The van der Waals surface area contributed by atoms with E-state index in [4.69, 9.17) is 4.74 Å². The Morgan fingerprint density at radius 1 is 0.938 bits per heavy atom. The first-order valence-electron chi connectivity index (χ1n) is 11.4. The lowest BCUT2D eigenvalue weighted by atomic mass is 9.81. The first kappa shape index (κ1) is 22.3. The summed E-state index contributed by atoms with van der Waals surface area (Å²) in [5.41, 5.74) is 5.15. The molecule has 2 aromatic carbocycles. The van der Waals surface area contributed by atoms with E-state index in [1.807, 2.05) is 62.9 Å². The van der Waals surface area contributed by atoms with Crippen LogP contribution in [0.15, 0.2) is 30.3 Å². The molecule has 5 nitrogen and oxygen atoms in total. The Morgan fingerprint density at radius 3 is 2.31 bits per heavy atom. The van der Waals surface area contributed by atoms with Crippen LogP contribution in [0.2, 0.25) is 0 Å². The molecule has 1 amide bonds. The predicted molar refractivity (Wildman–Crippen MR) is 124 cm³/mol. The first-order valence-corrected chi connectivity index (χ1v) is 11.4. The molecule has 0 atom stereocenters. The van der Waals surface area contributed by atoms with Crippen LogP contribution in [0.5, 0.6) is 5.75 Å². The lowest BCUT2D eigenvalue weighted by Crippen LogP contribution is -2.52. The molecule has 0 N–H and O–H groups in total. The Morgan fingerprint density at radius 2 is 1.62 bits per heavy atom. The number of likely N-dealkylation sites (tertiary alicyclic amines) is 1. The van der Waals surface area contributed by atoms with Gasteiger partial charge in [0.1, 0.15) is 11.4 Å². The average Bonchev–Trinajstić information content (AvgIpc) is 2.77. The van der Waals surface area contributed by atoms with E-state index in [9.17, 15) is 14.4 Å². The zero-order valence-corrected chi connectivity index (χ0v) is 19.4. The van der Waals surface area contributed by atoms with Gasteiger partial charge in [0.25, 0.3) is 0 Å². The molecule has 2 aliphatic heterocycles. The van der Waals surface area contributed by atoms with Gasteiger partial charge in [-0.1, -0.05) is 18.2 Å². The molecule has 4 rings (SSSR count). The summed E-state index contributed by atoms with van der Waals surface area (Å²) in [5, 5.41) is 0. The normalized spacial score (nSPS) is 17.1. The van der Waals surface area contributed by atoms with Crippen LogP contribution in [0.4, 0.5) is 0 Å². The molecular formula is C27H31NO4. The molecule has 168 valence electrons. The summed E-state index contributed by atoms with van der Waals surface area (Å²) in [6.45, 7) is 9.10. The summed E-state index contributed by atoms with van der Waals surface area (Å²) in [6.07, 6.45) is 2.03. The van der Waals surface area contributed by atoms with Crippen molar-refractivity contribution in [2.45, 2.75) is 65.4 Å². The van der Waals surface area contributed by atoms with Crippen LogP contribution < -0.4 is 4.74 Å². The molecular weight excluding hydrogens is 402 g/mol. The van der Waals surface area contributed by atoms with Crippen molar-refractivity contribution in [3.05, 3.63) is 63.7 Å². The summed E-state index contributed by atoms with van der Waals surface area (Å²) in [7, 11) is 0. The number of piperidine rings is 1. The number of benzene rings is 2. The van der Waals surface area contributed by atoms with Gasteiger partial charge in [-0.15, -0.1) is 0 Å². The van der Waals surface area contributed by atoms with Crippen LogP contribution in [0, 0.1) is 27.7 Å². The molecule has 1 saturated heterocycles.